The Morgan fingerprint density at radius 3 is 2.78 bits per heavy atom. The highest BCUT2D eigenvalue weighted by Gasteiger charge is 2.20. The van der Waals surface area contributed by atoms with Gasteiger partial charge in [-0.05, 0) is 24.5 Å². The number of halogens is 1. The maximum absolute atomic E-state index is 13.5. The number of aromatic nitrogens is 2. The largest absolute Gasteiger partial charge is 0.308 e. The summed E-state index contributed by atoms with van der Waals surface area (Å²) in [5, 5.41) is 13.5. The molecule has 1 N–H and O–H groups in total. The number of nitrogens with one attached hydrogen (secondary N) is 1. The molecule has 3 rings (SSSR count). The number of rotatable bonds is 5. The van der Waals surface area contributed by atoms with Crippen LogP contribution in [0.1, 0.15) is 28.4 Å². The lowest BCUT2D eigenvalue weighted by Gasteiger charge is -1.98. The highest BCUT2D eigenvalue weighted by atomic mass is 32.1. The van der Waals surface area contributed by atoms with E-state index in [1.54, 1.807) is 23.5 Å². The lowest BCUT2D eigenvalue weighted by Crippen LogP contribution is -2.14. The molecule has 0 radical (unpaired) electrons. The third-order valence-electron chi connectivity index (χ3n) is 2.93. The van der Waals surface area contributed by atoms with Gasteiger partial charge in [0, 0.05) is 19.0 Å². The summed E-state index contributed by atoms with van der Waals surface area (Å²) in [6.45, 7) is 0.777. The Balaban J connectivity index is 1.63. The van der Waals surface area contributed by atoms with E-state index in [-0.39, 0.29) is 5.82 Å². The van der Waals surface area contributed by atoms with Crippen molar-refractivity contribution in [2.75, 3.05) is 0 Å². The molecule has 1 fully saturated rings. The van der Waals surface area contributed by atoms with Crippen LogP contribution in [0.4, 0.5) is 4.39 Å². The second-order valence-electron chi connectivity index (χ2n) is 4.51. The summed E-state index contributed by atoms with van der Waals surface area (Å²) in [7, 11) is 0. The predicted octanol–water partition coefficient (Wildman–Crippen LogP) is 2.52. The molecule has 0 spiro atoms. The minimum Gasteiger partial charge on any atom is -0.308 e. The smallest absolute Gasteiger partial charge is 0.131 e. The zero-order valence-electron chi connectivity index (χ0n) is 9.90. The fourth-order valence-electron chi connectivity index (χ4n) is 1.76. The van der Waals surface area contributed by atoms with Gasteiger partial charge in [0.1, 0.15) is 15.8 Å². The molecule has 1 aromatic carbocycles. The Kier molecular flexibility index (Phi) is 3.34. The van der Waals surface area contributed by atoms with E-state index in [0.717, 1.165) is 16.6 Å². The summed E-state index contributed by atoms with van der Waals surface area (Å²) in [6, 6.07) is 7.48. The minimum atomic E-state index is -0.176. The molecule has 5 heteroatoms. The lowest BCUT2D eigenvalue weighted by atomic mass is 10.1. The van der Waals surface area contributed by atoms with Gasteiger partial charge in [-0.2, -0.15) is 0 Å². The number of hydrogen-bond donors (Lipinski definition) is 1. The Hall–Kier alpha value is -1.33. The van der Waals surface area contributed by atoms with Gasteiger partial charge in [-0.15, -0.1) is 10.2 Å². The van der Waals surface area contributed by atoms with Crippen molar-refractivity contribution in [3.05, 3.63) is 45.7 Å². The van der Waals surface area contributed by atoms with Crippen LogP contribution >= 0.6 is 11.3 Å². The van der Waals surface area contributed by atoms with Gasteiger partial charge >= 0.3 is 0 Å². The van der Waals surface area contributed by atoms with Gasteiger partial charge in [0.2, 0.25) is 0 Å². The molecule has 0 bridgehead atoms. The van der Waals surface area contributed by atoms with Gasteiger partial charge in [0.15, 0.2) is 0 Å². The third-order valence-corrected chi connectivity index (χ3v) is 3.85. The first-order valence-electron chi connectivity index (χ1n) is 6.09. The predicted molar refractivity (Wildman–Crippen MR) is 69.0 cm³/mol. The van der Waals surface area contributed by atoms with Crippen molar-refractivity contribution in [2.45, 2.75) is 31.8 Å². The first-order chi connectivity index (χ1) is 8.81. The highest BCUT2D eigenvalue weighted by Crippen LogP contribution is 2.21. The van der Waals surface area contributed by atoms with E-state index >= 15 is 0 Å². The number of benzene rings is 1. The van der Waals surface area contributed by atoms with E-state index in [1.807, 2.05) is 6.07 Å². The maximum Gasteiger partial charge on any atom is 0.131 e. The topological polar surface area (TPSA) is 37.8 Å². The monoisotopic (exact) mass is 263 g/mol. The average molecular weight is 263 g/mol. The molecular weight excluding hydrogens is 249 g/mol. The summed E-state index contributed by atoms with van der Waals surface area (Å²) in [6.07, 6.45) is 3.05. The van der Waals surface area contributed by atoms with Crippen LogP contribution in [-0.2, 0) is 13.0 Å². The van der Waals surface area contributed by atoms with Gasteiger partial charge in [0.05, 0.1) is 0 Å². The summed E-state index contributed by atoms with van der Waals surface area (Å²) < 4.78 is 13.5. The molecule has 94 valence electrons. The summed E-state index contributed by atoms with van der Waals surface area (Å²) in [5.74, 6) is -0.176. The molecule has 1 heterocycles. The van der Waals surface area contributed by atoms with Crippen molar-refractivity contribution in [2.24, 2.45) is 0 Å². The molecule has 3 nitrogen and oxygen atoms in total. The fraction of sp³-hybridized carbons (Fsp3) is 0.385. The van der Waals surface area contributed by atoms with Crippen molar-refractivity contribution in [1.82, 2.24) is 15.5 Å². The van der Waals surface area contributed by atoms with Crippen molar-refractivity contribution in [3.8, 4) is 0 Å². The zero-order valence-corrected chi connectivity index (χ0v) is 10.7. The number of nitrogens with zero attached hydrogens (tertiary/aromatic N) is 2. The molecule has 0 unspecified atom stereocenters. The third kappa shape index (κ3) is 2.91. The van der Waals surface area contributed by atoms with Crippen molar-refractivity contribution in [3.63, 3.8) is 0 Å². The van der Waals surface area contributed by atoms with Crippen LogP contribution in [-0.4, -0.2) is 16.2 Å². The van der Waals surface area contributed by atoms with Crippen LogP contribution in [0, 0.1) is 5.82 Å². The molecule has 0 atom stereocenters. The van der Waals surface area contributed by atoms with Gasteiger partial charge in [-0.3, -0.25) is 0 Å². The first-order valence-corrected chi connectivity index (χ1v) is 6.91. The highest BCUT2D eigenvalue weighted by molar-refractivity contribution is 7.11. The van der Waals surface area contributed by atoms with Crippen LogP contribution in [0.2, 0.25) is 0 Å². The Bertz CT molecular complexity index is 537. The van der Waals surface area contributed by atoms with E-state index in [4.69, 9.17) is 0 Å². The van der Waals surface area contributed by atoms with Gasteiger partial charge in [0.25, 0.3) is 0 Å². The molecule has 1 saturated carbocycles. The second kappa shape index (κ2) is 5.12. The number of hydrogen-bond acceptors (Lipinski definition) is 4. The molecule has 0 saturated heterocycles. The standard InChI is InChI=1S/C13H14FN3S/c14-11-4-2-1-3-9(11)7-12-16-17-13(18-12)8-15-10-5-6-10/h1-4,10,15H,5-8H2. The quantitative estimate of drug-likeness (QED) is 0.900. The van der Waals surface area contributed by atoms with Crippen LogP contribution in [0.3, 0.4) is 0 Å². The lowest BCUT2D eigenvalue weighted by molar-refractivity contribution is 0.613. The molecule has 1 aromatic heterocycles. The van der Waals surface area contributed by atoms with E-state index in [2.05, 4.69) is 15.5 Å². The Labute approximate surface area is 109 Å². The molecular formula is C13H14FN3S. The van der Waals surface area contributed by atoms with Gasteiger partial charge in [-0.1, -0.05) is 29.5 Å². The zero-order chi connectivity index (χ0) is 12.4. The maximum atomic E-state index is 13.5. The summed E-state index contributed by atoms with van der Waals surface area (Å²) in [4.78, 5) is 0. The van der Waals surface area contributed by atoms with Crippen LogP contribution < -0.4 is 5.32 Å². The Morgan fingerprint density at radius 1 is 1.22 bits per heavy atom. The average Bonchev–Trinajstić information content (AvgIpc) is 3.10. The molecule has 0 aliphatic heterocycles. The molecule has 1 aliphatic rings. The van der Waals surface area contributed by atoms with E-state index in [0.29, 0.717) is 18.0 Å². The van der Waals surface area contributed by atoms with E-state index in [1.165, 1.54) is 18.9 Å². The van der Waals surface area contributed by atoms with E-state index in [9.17, 15) is 4.39 Å². The van der Waals surface area contributed by atoms with Crippen LogP contribution in [0.5, 0.6) is 0 Å². The van der Waals surface area contributed by atoms with Gasteiger partial charge in [-0.25, -0.2) is 4.39 Å². The second-order valence-corrected chi connectivity index (χ2v) is 5.66. The van der Waals surface area contributed by atoms with Crippen LogP contribution in [0.15, 0.2) is 24.3 Å². The molecule has 18 heavy (non-hydrogen) atoms. The SMILES string of the molecule is Fc1ccccc1Cc1nnc(CNC2CC2)s1. The van der Waals surface area contributed by atoms with Crippen molar-refractivity contribution < 1.29 is 4.39 Å². The molecule has 0 amide bonds. The van der Waals surface area contributed by atoms with Crippen molar-refractivity contribution in [1.29, 1.82) is 0 Å². The van der Waals surface area contributed by atoms with Crippen LogP contribution in [0.25, 0.3) is 0 Å². The molecule has 1 aliphatic carbocycles. The van der Waals surface area contributed by atoms with Crippen molar-refractivity contribution >= 4 is 11.3 Å². The van der Waals surface area contributed by atoms with Gasteiger partial charge < -0.3 is 5.32 Å². The molecule has 2 aromatic rings. The Morgan fingerprint density at radius 2 is 2.00 bits per heavy atom. The first kappa shape index (κ1) is 11.7. The summed E-state index contributed by atoms with van der Waals surface area (Å²) >= 11 is 1.55. The normalized spacial score (nSPS) is 14.9. The minimum absolute atomic E-state index is 0.176. The summed E-state index contributed by atoms with van der Waals surface area (Å²) in [5.41, 5.74) is 0.676. The van der Waals surface area contributed by atoms with E-state index < -0.39 is 0 Å². The fourth-order valence-corrected chi connectivity index (χ4v) is 2.57.